The van der Waals surface area contributed by atoms with Crippen molar-refractivity contribution in [2.45, 2.75) is 51.5 Å². The van der Waals surface area contributed by atoms with Crippen LogP contribution in [0.2, 0.25) is 0 Å². The van der Waals surface area contributed by atoms with E-state index in [0.29, 0.717) is 17.9 Å². The Morgan fingerprint density at radius 3 is 2.15 bits per heavy atom. The van der Waals surface area contributed by atoms with Crippen molar-refractivity contribution < 1.29 is 14.2 Å². The predicted octanol–water partition coefficient (Wildman–Crippen LogP) is 1.17. The average molecular weight is 184 g/mol. The van der Waals surface area contributed by atoms with Crippen LogP contribution < -0.4 is 0 Å². The molecule has 3 heterocycles. The van der Waals surface area contributed by atoms with Crippen molar-refractivity contribution in [3.63, 3.8) is 0 Å². The van der Waals surface area contributed by atoms with Crippen LogP contribution in [0.15, 0.2) is 0 Å². The summed E-state index contributed by atoms with van der Waals surface area (Å²) < 4.78 is 17.5. The largest absolute Gasteiger partial charge is 0.366 e. The van der Waals surface area contributed by atoms with Gasteiger partial charge in [-0.2, -0.15) is 0 Å². The highest BCUT2D eigenvalue weighted by Gasteiger charge is 2.58. The van der Waals surface area contributed by atoms with Gasteiger partial charge in [0.05, 0.1) is 18.3 Å². The normalized spacial score (nSPS) is 64.4. The molecule has 3 aliphatic heterocycles. The summed E-state index contributed by atoms with van der Waals surface area (Å²) in [6, 6.07) is 0. The van der Waals surface area contributed by atoms with Crippen molar-refractivity contribution in [1.82, 2.24) is 0 Å². The lowest BCUT2D eigenvalue weighted by molar-refractivity contribution is -0.258. The first-order valence-corrected chi connectivity index (χ1v) is 5.15. The molecule has 3 heteroatoms. The summed E-state index contributed by atoms with van der Waals surface area (Å²) in [7, 11) is 0. The molecule has 1 unspecified atom stereocenters. The first-order chi connectivity index (χ1) is 6.18. The van der Waals surface area contributed by atoms with E-state index < -0.39 is 0 Å². The van der Waals surface area contributed by atoms with Gasteiger partial charge in [0.15, 0.2) is 6.29 Å². The van der Waals surface area contributed by atoms with E-state index in [1.54, 1.807) is 0 Å². The van der Waals surface area contributed by atoms with E-state index in [0.717, 1.165) is 0 Å². The third-order valence-corrected chi connectivity index (χ3v) is 3.76. The summed E-state index contributed by atoms with van der Waals surface area (Å²) in [6.45, 7) is 6.48. The SMILES string of the molecule is C[C@@H]1O[C@H]2OC3[C@@H](C)[C@@H]1O[C@@H]2[C@H]3C. The molecule has 7 atom stereocenters. The summed E-state index contributed by atoms with van der Waals surface area (Å²) in [5.74, 6) is 0.956. The van der Waals surface area contributed by atoms with E-state index >= 15 is 0 Å². The quantitative estimate of drug-likeness (QED) is 0.565. The molecule has 0 aromatic heterocycles. The molecular weight excluding hydrogens is 168 g/mol. The van der Waals surface area contributed by atoms with Gasteiger partial charge in [-0.05, 0) is 6.92 Å². The topological polar surface area (TPSA) is 27.7 Å². The Morgan fingerprint density at radius 1 is 0.692 bits per heavy atom. The second kappa shape index (κ2) is 2.47. The van der Waals surface area contributed by atoms with Crippen LogP contribution in [0, 0.1) is 11.8 Å². The molecule has 0 saturated carbocycles. The Labute approximate surface area is 78.3 Å². The van der Waals surface area contributed by atoms with Gasteiger partial charge < -0.3 is 14.2 Å². The summed E-state index contributed by atoms with van der Waals surface area (Å²) in [5, 5.41) is 0. The molecule has 0 amide bonds. The maximum absolute atomic E-state index is 5.96. The Hall–Kier alpha value is -0.120. The van der Waals surface area contributed by atoms with Crippen molar-refractivity contribution in [2.24, 2.45) is 11.8 Å². The van der Waals surface area contributed by atoms with Gasteiger partial charge in [-0.3, -0.25) is 0 Å². The smallest absolute Gasteiger partial charge is 0.184 e. The molecule has 74 valence electrons. The van der Waals surface area contributed by atoms with Crippen LogP contribution >= 0.6 is 0 Å². The molecule has 0 spiro atoms. The Balaban J connectivity index is 1.97. The second-order valence-corrected chi connectivity index (χ2v) is 4.59. The van der Waals surface area contributed by atoms with Crippen molar-refractivity contribution in [3.8, 4) is 0 Å². The van der Waals surface area contributed by atoms with Crippen LogP contribution in [0.25, 0.3) is 0 Å². The van der Waals surface area contributed by atoms with Gasteiger partial charge in [0.25, 0.3) is 0 Å². The predicted molar refractivity (Wildman–Crippen MR) is 46.2 cm³/mol. The Bertz CT molecular complexity index is 228. The average Bonchev–Trinajstić information content (AvgIpc) is 2.25. The molecule has 3 saturated heterocycles. The maximum Gasteiger partial charge on any atom is 0.184 e. The van der Waals surface area contributed by atoms with E-state index in [9.17, 15) is 0 Å². The van der Waals surface area contributed by atoms with Crippen molar-refractivity contribution >= 4 is 0 Å². The number of rotatable bonds is 0. The number of ether oxygens (including phenoxy) is 3. The van der Waals surface area contributed by atoms with Crippen molar-refractivity contribution in [1.29, 1.82) is 0 Å². The number of hydrogen-bond acceptors (Lipinski definition) is 3. The molecule has 3 rings (SSSR count). The fourth-order valence-electron chi connectivity index (χ4n) is 3.01. The van der Waals surface area contributed by atoms with Crippen LogP contribution in [0.3, 0.4) is 0 Å². The summed E-state index contributed by atoms with van der Waals surface area (Å²) in [5.41, 5.74) is 0. The second-order valence-electron chi connectivity index (χ2n) is 4.59. The minimum atomic E-state index is -0.101. The van der Waals surface area contributed by atoms with Gasteiger partial charge in [-0.25, -0.2) is 0 Å². The lowest BCUT2D eigenvalue weighted by atomic mass is 9.82. The molecule has 3 nitrogen and oxygen atoms in total. The molecule has 0 aromatic carbocycles. The number of hydrogen-bond donors (Lipinski definition) is 0. The van der Waals surface area contributed by atoms with Gasteiger partial charge in [0.2, 0.25) is 0 Å². The van der Waals surface area contributed by atoms with E-state index in [1.807, 2.05) is 0 Å². The Morgan fingerprint density at radius 2 is 1.38 bits per heavy atom. The third-order valence-electron chi connectivity index (χ3n) is 3.76. The zero-order valence-corrected chi connectivity index (χ0v) is 8.27. The summed E-state index contributed by atoms with van der Waals surface area (Å²) in [4.78, 5) is 0. The summed E-state index contributed by atoms with van der Waals surface area (Å²) >= 11 is 0. The van der Waals surface area contributed by atoms with Gasteiger partial charge in [-0.15, -0.1) is 0 Å². The standard InChI is InChI=1S/C10H16O3/c1-4-7-5(2)9-10(13-7)11-6(3)8(4)12-9/h4-10H,1-3H3/t4-,5+,6+,7?,8+,9-,10+/m1/s1. The van der Waals surface area contributed by atoms with Crippen LogP contribution in [0.5, 0.6) is 0 Å². The minimum absolute atomic E-state index is 0.101. The molecule has 13 heavy (non-hydrogen) atoms. The fraction of sp³-hybridized carbons (Fsp3) is 1.00. The molecule has 3 fully saturated rings. The van der Waals surface area contributed by atoms with E-state index in [-0.39, 0.29) is 24.6 Å². The van der Waals surface area contributed by atoms with Crippen LogP contribution in [0.1, 0.15) is 20.8 Å². The molecule has 0 radical (unpaired) electrons. The van der Waals surface area contributed by atoms with Gasteiger partial charge in [0, 0.05) is 11.8 Å². The van der Waals surface area contributed by atoms with E-state index in [1.165, 1.54) is 0 Å². The van der Waals surface area contributed by atoms with Gasteiger partial charge >= 0.3 is 0 Å². The minimum Gasteiger partial charge on any atom is -0.366 e. The molecule has 3 bridgehead atoms. The maximum atomic E-state index is 5.96. The third kappa shape index (κ3) is 0.901. The van der Waals surface area contributed by atoms with Crippen molar-refractivity contribution in [3.05, 3.63) is 0 Å². The lowest BCUT2D eigenvalue weighted by Crippen LogP contribution is -2.54. The first-order valence-electron chi connectivity index (χ1n) is 5.15. The van der Waals surface area contributed by atoms with Crippen LogP contribution in [-0.2, 0) is 14.2 Å². The number of fused-ring (bicyclic) bond motifs is 2. The fourth-order valence-corrected chi connectivity index (χ4v) is 3.01. The molecule has 0 aromatic rings. The van der Waals surface area contributed by atoms with E-state index in [4.69, 9.17) is 14.2 Å². The lowest BCUT2D eigenvalue weighted by Gasteiger charge is -2.43. The Kier molecular flexibility index (Phi) is 1.56. The zero-order chi connectivity index (χ0) is 9.16. The highest BCUT2D eigenvalue weighted by molar-refractivity contribution is 5.00. The van der Waals surface area contributed by atoms with Gasteiger partial charge in [0.1, 0.15) is 6.10 Å². The molecule has 0 N–H and O–H groups in total. The van der Waals surface area contributed by atoms with Crippen molar-refractivity contribution in [2.75, 3.05) is 0 Å². The summed E-state index contributed by atoms with van der Waals surface area (Å²) in [6.07, 6.45) is 0.857. The molecule has 3 aliphatic rings. The molecular formula is C10H16O3. The van der Waals surface area contributed by atoms with E-state index in [2.05, 4.69) is 20.8 Å². The highest BCUT2D eigenvalue weighted by Crippen LogP contribution is 2.46. The first kappa shape index (κ1) is 8.21. The van der Waals surface area contributed by atoms with Gasteiger partial charge in [-0.1, -0.05) is 13.8 Å². The zero-order valence-electron chi connectivity index (χ0n) is 8.27. The highest BCUT2D eigenvalue weighted by atomic mass is 16.7. The van der Waals surface area contributed by atoms with Crippen LogP contribution in [0.4, 0.5) is 0 Å². The van der Waals surface area contributed by atoms with Crippen LogP contribution in [-0.4, -0.2) is 30.7 Å². The molecule has 0 aliphatic carbocycles. The monoisotopic (exact) mass is 184 g/mol.